The maximum atomic E-state index is 13.0. The van der Waals surface area contributed by atoms with Crippen molar-refractivity contribution in [2.24, 2.45) is 0 Å². The molecular formula is C27H17N3O5. The number of nitriles is 1. The molecule has 0 radical (unpaired) electrons. The summed E-state index contributed by atoms with van der Waals surface area (Å²) >= 11 is 0. The highest BCUT2D eigenvalue weighted by Gasteiger charge is 2.19. The quantitative estimate of drug-likeness (QED) is 0.100. The number of fused-ring (bicyclic) bond motifs is 1. The van der Waals surface area contributed by atoms with Crippen molar-refractivity contribution in [2.45, 2.75) is 0 Å². The van der Waals surface area contributed by atoms with Crippen LogP contribution in [0.15, 0.2) is 96.6 Å². The van der Waals surface area contributed by atoms with Crippen LogP contribution in [0, 0.1) is 21.4 Å². The van der Waals surface area contributed by atoms with Crippen molar-refractivity contribution in [1.82, 2.24) is 0 Å². The van der Waals surface area contributed by atoms with Gasteiger partial charge in [-0.25, -0.2) is 4.79 Å². The molecule has 4 rings (SSSR count). The lowest BCUT2D eigenvalue weighted by Crippen LogP contribution is -2.15. The SMILES string of the molecule is N#CC(=Cc1ccccc1OC(=O)c1cccc2ccccc12)C(=O)Nc1ccccc1[N+](=O)[O-]. The van der Waals surface area contributed by atoms with Crippen LogP contribution in [0.3, 0.4) is 0 Å². The number of nitro groups is 1. The van der Waals surface area contributed by atoms with E-state index in [9.17, 15) is 25.0 Å². The molecule has 0 unspecified atom stereocenters. The largest absolute Gasteiger partial charge is 0.422 e. The highest BCUT2D eigenvalue weighted by Crippen LogP contribution is 2.26. The highest BCUT2D eigenvalue weighted by molar-refractivity contribution is 6.11. The molecule has 0 heterocycles. The molecule has 8 heteroatoms. The first-order valence-electron chi connectivity index (χ1n) is 10.4. The first kappa shape index (κ1) is 22.9. The Hall–Kier alpha value is -5.29. The molecule has 0 saturated carbocycles. The number of ether oxygens (including phenoxy) is 1. The lowest BCUT2D eigenvalue weighted by atomic mass is 10.0. The van der Waals surface area contributed by atoms with E-state index in [-0.39, 0.29) is 22.7 Å². The molecule has 0 bridgehead atoms. The predicted octanol–water partition coefficient (Wildman–Crippen LogP) is 5.51. The second-order valence-electron chi connectivity index (χ2n) is 7.35. The predicted molar refractivity (Wildman–Crippen MR) is 131 cm³/mol. The minimum atomic E-state index is -0.836. The first-order valence-corrected chi connectivity index (χ1v) is 10.4. The van der Waals surface area contributed by atoms with E-state index in [4.69, 9.17) is 4.74 Å². The van der Waals surface area contributed by atoms with Gasteiger partial charge in [-0.15, -0.1) is 0 Å². The van der Waals surface area contributed by atoms with Gasteiger partial charge < -0.3 is 10.1 Å². The maximum absolute atomic E-state index is 13.0. The Morgan fingerprint density at radius 2 is 1.60 bits per heavy atom. The molecule has 0 atom stereocenters. The van der Waals surface area contributed by atoms with E-state index in [2.05, 4.69) is 5.32 Å². The highest BCUT2D eigenvalue weighted by atomic mass is 16.6. The number of amides is 1. The number of carbonyl (C=O) groups excluding carboxylic acids is 2. The molecule has 1 amide bonds. The number of nitrogens with one attached hydrogen (secondary N) is 1. The number of hydrogen-bond acceptors (Lipinski definition) is 6. The van der Waals surface area contributed by atoms with Crippen molar-refractivity contribution in [1.29, 1.82) is 5.26 Å². The summed E-state index contributed by atoms with van der Waals surface area (Å²) in [5, 5.41) is 24.8. The molecule has 1 N–H and O–H groups in total. The van der Waals surface area contributed by atoms with Crippen LogP contribution in [0.1, 0.15) is 15.9 Å². The summed E-state index contributed by atoms with van der Waals surface area (Å²) in [7, 11) is 0. The van der Waals surface area contributed by atoms with Crippen molar-refractivity contribution in [2.75, 3.05) is 5.32 Å². The summed E-state index contributed by atoms with van der Waals surface area (Å²) < 4.78 is 5.62. The summed E-state index contributed by atoms with van der Waals surface area (Å²) in [5.41, 5.74) is 0.0190. The Bertz CT molecular complexity index is 1530. The Morgan fingerprint density at radius 3 is 2.40 bits per heavy atom. The summed E-state index contributed by atoms with van der Waals surface area (Å²) in [4.78, 5) is 36.2. The van der Waals surface area contributed by atoms with Crippen molar-refractivity contribution >= 4 is 40.1 Å². The monoisotopic (exact) mass is 463 g/mol. The third-order valence-corrected chi connectivity index (χ3v) is 5.15. The molecule has 8 nitrogen and oxygen atoms in total. The van der Waals surface area contributed by atoms with Crippen molar-refractivity contribution in [3.63, 3.8) is 0 Å². The van der Waals surface area contributed by atoms with Crippen LogP contribution in [0.5, 0.6) is 5.75 Å². The van der Waals surface area contributed by atoms with E-state index >= 15 is 0 Å². The second kappa shape index (κ2) is 10.1. The molecule has 0 aliphatic rings. The smallest absolute Gasteiger partial charge is 0.344 e. The summed E-state index contributed by atoms with van der Waals surface area (Å²) in [6.45, 7) is 0. The van der Waals surface area contributed by atoms with Gasteiger partial charge in [0.25, 0.3) is 11.6 Å². The van der Waals surface area contributed by atoms with Crippen molar-refractivity contribution < 1.29 is 19.2 Å². The van der Waals surface area contributed by atoms with Gasteiger partial charge in [-0.1, -0.05) is 66.7 Å². The Labute approximate surface area is 199 Å². The molecule has 170 valence electrons. The van der Waals surface area contributed by atoms with E-state index < -0.39 is 16.8 Å². The fourth-order valence-corrected chi connectivity index (χ4v) is 3.48. The van der Waals surface area contributed by atoms with Gasteiger partial charge in [0.05, 0.1) is 10.5 Å². The summed E-state index contributed by atoms with van der Waals surface area (Å²) in [6, 6.07) is 26.5. The molecule has 0 fully saturated rings. The van der Waals surface area contributed by atoms with E-state index in [1.54, 1.807) is 42.5 Å². The zero-order chi connectivity index (χ0) is 24.8. The number of rotatable bonds is 6. The van der Waals surface area contributed by atoms with Gasteiger partial charge in [0.2, 0.25) is 0 Å². The lowest BCUT2D eigenvalue weighted by molar-refractivity contribution is -0.383. The number of para-hydroxylation sites is 3. The first-order chi connectivity index (χ1) is 17.0. The van der Waals surface area contributed by atoms with E-state index in [0.717, 1.165) is 10.8 Å². The van der Waals surface area contributed by atoms with Gasteiger partial charge in [0, 0.05) is 11.6 Å². The van der Waals surface area contributed by atoms with E-state index in [0.29, 0.717) is 11.1 Å². The average molecular weight is 463 g/mol. The van der Waals surface area contributed by atoms with Crippen LogP contribution in [-0.4, -0.2) is 16.8 Å². The van der Waals surface area contributed by atoms with E-state index in [1.165, 1.54) is 30.3 Å². The minimum Gasteiger partial charge on any atom is -0.422 e. The van der Waals surface area contributed by atoms with Crippen LogP contribution >= 0.6 is 0 Å². The number of nitro benzene ring substituents is 1. The molecule has 0 aliphatic carbocycles. The third kappa shape index (κ3) is 5.05. The van der Waals surface area contributed by atoms with Gasteiger partial charge >= 0.3 is 5.97 Å². The number of nitrogens with zero attached hydrogens (tertiary/aromatic N) is 2. The molecule has 0 aliphatic heterocycles. The molecule has 4 aromatic rings. The lowest BCUT2D eigenvalue weighted by Gasteiger charge is -2.10. The van der Waals surface area contributed by atoms with Gasteiger partial charge in [0.15, 0.2) is 0 Å². The zero-order valence-electron chi connectivity index (χ0n) is 18.2. The van der Waals surface area contributed by atoms with Crippen molar-refractivity contribution in [3.8, 4) is 11.8 Å². The van der Waals surface area contributed by atoms with Crippen LogP contribution in [0.2, 0.25) is 0 Å². The Kier molecular flexibility index (Phi) is 6.61. The van der Waals surface area contributed by atoms with Crippen LogP contribution in [0.25, 0.3) is 16.8 Å². The van der Waals surface area contributed by atoms with Gasteiger partial charge in [-0.2, -0.15) is 5.26 Å². The summed E-state index contributed by atoms with van der Waals surface area (Å²) in [5.74, 6) is -1.28. The number of benzene rings is 4. The number of carbonyl (C=O) groups is 2. The fourth-order valence-electron chi connectivity index (χ4n) is 3.48. The summed E-state index contributed by atoms with van der Waals surface area (Å²) in [6.07, 6.45) is 1.26. The third-order valence-electron chi connectivity index (χ3n) is 5.15. The van der Waals surface area contributed by atoms with Crippen LogP contribution < -0.4 is 10.1 Å². The van der Waals surface area contributed by atoms with Crippen LogP contribution in [-0.2, 0) is 4.79 Å². The normalized spacial score (nSPS) is 10.9. The molecule has 0 spiro atoms. The Balaban J connectivity index is 1.62. The minimum absolute atomic E-state index is 0.0423. The maximum Gasteiger partial charge on any atom is 0.344 e. The standard InChI is InChI=1S/C27H17N3O5/c28-17-20(26(31)29-23-13-4-5-14-24(23)30(33)34)16-19-9-2-6-15-25(19)35-27(32)22-12-7-10-18-8-1-3-11-21(18)22/h1-16H,(H,29,31). The van der Waals surface area contributed by atoms with Crippen LogP contribution in [0.4, 0.5) is 11.4 Å². The number of hydrogen-bond donors (Lipinski definition) is 1. The van der Waals surface area contributed by atoms with Gasteiger partial charge in [0.1, 0.15) is 23.1 Å². The number of esters is 1. The zero-order valence-corrected chi connectivity index (χ0v) is 18.2. The Morgan fingerprint density at radius 1 is 0.914 bits per heavy atom. The van der Waals surface area contributed by atoms with Gasteiger partial charge in [-0.05, 0) is 35.0 Å². The van der Waals surface area contributed by atoms with Crippen molar-refractivity contribution in [3.05, 3.63) is 118 Å². The molecule has 35 heavy (non-hydrogen) atoms. The molecule has 4 aromatic carbocycles. The molecule has 0 aromatic heterocycles. The fraction of sp³-hybridized carbons (Fsp3) is 0. The number of anilines is 1. The molecular weight excluding hydrogens is 446 g/mol. The average Bonchev–Trinajstić information content (AvgIpc) is 2.87. The van der Waals surface area contributed by atoms with E-state index in [1.807, 2.05) is 30.3 Å². The topological polar surface area (TPSA) is 122 Å². The second-order valence-corrected chi connectivity index (χ2v) is 7.35. The van der Waals surface area contributed by atoms with Gasteiger partial charge in [-0.3, -0.25) is 14.9 Å². The molecule has 0 saturated heterocycles.